The molecule has 0 fully saturated rings. The van der Waals surface area contributed by atoms with Crippen molar-refractivity contribution >= 4 is 23.8 Å². The SMILES string of the molecule is CC(C)(C)SCCOc1cccc(/C=C/C(=O)O)c1. The summed E-state index contributed by atoms with van der Waals surface area (Å²) in [5.41, 5.74) is 0.823. The molecule has 0 aliphatic rings. The van der Waals surface area contributed by atoms with Gasteiger partial charge in [-0.2, -0.15) is 11.8 Å². The lowest BCUT2D eigenvalue weighted by Gasteiger charge is -2.17. The summed E-state index contributed by atoms with van der Waals surface area (Å²) in [6.45, 7) is 7.17. The Balaban J connectivity index is 2.46. The summed E-state index contributed by atoms with van der Waals surface area (Å²) < 4.78 is 5.89. The molecule has 4 heteroatoms. The summed E-state index contributed by atoms with van der Waals surface area (Å²) in [5, 5.41) is 8.57. The number of carboxylic acid groups (broad SMARTS) is 1. The Morgan fingerprint density at radius 3 is 2.79 bits per heavy atom. The van der Waals surface area contributed by atoms with Crippen molar-refractivity contribution in [1.82, 2.24) is 0 Å². The van der Waals surface area contributed by atoms with Gasteiger partial charge < -0.3 is 9.84 Å². The van der Waals surface area contributed by atoms with Gasteiger partial charge in [-0.25, -0.2) is 4.79 Å². The minimum absolute atomic E-state index is 0.245. The predicted molar refractivity (Wildman–Crippen MR) is 80.8 cm³/mol. The second-order valence-corrected chi connectivity index (χ2v) is 6.98. The Kier molecular flexibility index (Phi) is 5.96. The topological polar surface area (TPSA) is 46.5 Å². The van der Waals surface area contributed by atoms with Crippen LogP contribution in [0.4, 0.5) is 0 Å². The normalized spacial score (nSPS) is 11.7. The second kappa shape index (κ2) is 7.24. The summed E-state index contributed by atoms with van der Waals surface area (Å²) in [6, 6.07) is 7.41. The van der Waals surface area contributed by atoms with Crippen LogP contribution < -0.4 is 4.74 Å². The van der Waals surface area contributed by atoms with Gasteiger partial charge in [0.25, 0.3) is 0 Å². The van der Waals surface area contributed by atoms with Crippen molar-refractivity contribution in [2.45, 2.75) is 25.5 Å². The highest BCUT2D eigenvalue weighted by molar-refractivity contribution is 8.00. The first-order valence-electron chi connectivity index (χ1n) is 6.15. The third-order valence-corrected chi connectivity index (χ3v) is 3.40. The molecule has 1 aromatic rings. The molecule has 104 valence electrons. The van der Waals surface area contributed by atoms with E-state index in [-0.39, 0.29) is 4.75 Å². The van der Waals surface area contributed by atoms with Crippen LogP contribution in [-0.4, -0.2) is 28.2 Å². The van der Waals surface area contributed by atoms with E-state index in [9.17, 15) is 4.79 Å². The number of hydrogen-bond donors (Lipinski definition) is 1. The van der Waals surface area contributed by atoms with E-state index in [0.29, 0.717) is 6.61 Å². The quantitative estimate of drug-likeness (QED) is 0.637. The van der Waals surface area contributed by atoms with Crippen LogP contribution in [0.2, 0.25) is 0 Å². The highest BCUT2D eigenvalue weighted by Gasteiger charge is 2.09. The molecule has 1 aromatic carbocycles. The van der Waals surface area contributed by atoms with E-state index in [2.05, 4.69) is 20.8 Å². The molecule has 0 saturated carbocycles. The largest absolute Gasteiger partial charge is 0.493 e. The molecule has 0 radical (unpaired) electrons. The molecule has 0 atom stereocenters. The van der Waals surface area contributed by atoms with Crippen LogP contribution in [0, 0.1) is 0 Å². The van der Waals surface area contributed by atoms with Crippen molar-refractivity contribution in [3.05, 3.63) is 35.9 Å². The highest BCUT2D eigenvalue weighted by Crippen LogP contribution is 2.23. The third kappa shape index (κ3) is 7.57. The van der Waals surface area contributed by atoms with E-state index in [1.165, 1.54) is 0 Å². The molecule has 0 unspecified atom stereocenters. The van der Waals surface area contributed by atoms with Crippen LogP contribution in [0.5, 0.6) is 5.75 Å². The summed E-state index contributed by atoms with van der Waals surface area (Å²) in [6.07, 6.45) is 2.67. The minimum atomic E-state index is -0.951. The van der Waals surface area contributed by atoms with Crippen molar-refractivity contribution in [3.63, 3.8) is 0 Å². The van der Waals surface area contributed by atoms with E-state index in [0.717, 1.165) is 23.1 Å². The first kappa shape index (κ1) is 15.6. The molecular formula is C15H20O3S. The van der Waals surface area contributed by atoms with E-state index in [4.69, 9.17) is 9.84 Å². The molecule has 3 nitrogen and oxygen atoms in total. The van der Waals surface area contributed by atoms with E-state index in [1.807, 2.05) is 36.0 Å². The van der Waals surface area contributed by atoms with E-state index in [1.54, 1.807) is 6.08 Å². The standard InChI is InChI=1S/C15H20O3S/c1-15(2,3)19-10-9-18-13-6-4-5-12(11-13)7-8-14(16)17/h4-8,11H,9-10H2,1-3H3,(H,16,17)/b8-7+. The van der Waals surface area contributed by atoms with Crippen molar-refractivity contribution in [2.24, 2.45) is 0 Å². The van der Waals surface area contributed by atoms with Gasteiger partial charge >= 0.3 is 5.97 Å². The van der Waals surface area contributed by atoms with E-state index >= 15 is 0 Å². The molecule has 0 spiro atoms. The number of thioether (sulfide) groups is 1. The third-order valence-electron chi connectivity index (χ3n) is 2.16. The lowest BCUT2D eigenvalue weighted by Crippen LogP contribution is -2.11. The smallest absolute Gasteiger partial charge is 0.328 e. The minimum Gasteiger partial charge on any atom is -0.493 e. The van der Waals surface area contributed by atoms with Crippen LogP contribution in [0.15, 0.2) is 30.3 Å². The summed E-state index contributed by atoms with van der Waals surface area (Å²) >= 11 is 1.85. The number of hydrogen-bond acceptors (Lipinski definition) is 3. The Bertz CT molecular complexity index is 447. The molecule has 0 heterocycles. The zero-order chi connectivity index (χ0) is 14.3. The Hall–Kier alpha value is -1.42. The molecule has 0 bridgehead atoms. The average Bonchev–Trinajstić information content (AvgIpc) is 2.32. The summed E-state index contributed by atoms with van der Waals surface area (Å²) in [7, 11) is 0. The van der Waals surface area contributed by atoms with Gasteiger partial charge in [0, 0.05) is 16.6 Å². The molecule has 1 N–H and O–H groups in total. The van der Waals surface area contributed by atoms with Crippen molar-refractivity contribution < 1.29 is 14.6 Å². The first-order chi connectivity index (χ1) is 8.87. The number of aliphatic carboxylic acids is 1. The molecule has 0 aromatic heterocycles. The van der Waals surface area contributed by atoms with Crippen LogP contribution >= 0.6 is 11.8 Å². The molecule has 0 aliphatic carbocycles. The van der Waals surface area contributed by atoms with Gasteiger partial charge in [-0.1, -0.05) is 32.9 Å². The fraction of sp³-hybridized carbons (Fsp3) is 0.400. The molecular weight excluding hydrogens is 260 g/mol. The second-order valence-electron chi connectivity index (χ2n) is 5.05. The number of ether oxygens (including phenoxy) is 1. The van der Waals surface area contributed by atoms with Gasteiger partial charge in [0.2, 0.25) is 0 Å². The van der Waals surface area contributed by atoms with Gasteiger partial charge in [-0.3, -0.25) is 0 Å². The lowest BCUT2D eigenvalue weighted by molar-refractivity contribution is -0.131. The zero-order valence-corrected chi connectivity index (χ0v) is 12.4. The fourth-order valence-electron chi connectivity index (χ4n) is 1.38. The number of carboxylic acids is 1. The van der Waals surface area contributed by atoms with Gasteiger partial charge in [0.05, 0.1) is 6.61 Å². The Morgan fingerprint density at radius 2 is 2.16 bits per heavy atom. The van der Waals surface area contributed by atoms with E-state index < -0.39 is 5.97 Å². The summed E-state index contributed by atoms with van der Waals surface area (Å²) in [5.74, 6) is 0.744. The predicted octanol–water partition coefficient (Wildman–Crippen LogP) is 3.69. The van der Waals surface area contributed by atoms with Crippen molar-refractivity contribution in [2.75, 3.05) is 12.4 Å². The van der Waals surface area contributed by atoms with Gasteiger partial charge in [-0.15, -0.1) is 0 Å². The number of benzene rings is 1. The molecule has 1 rings (SSSR count). The fourth-order valence-corrected chi connectivity index (χ4v) is 2.16. The first-order valence-corrected chi connectivity index (χ1v) is 7.13. The van der Waals surface area contributed by atoms with Crippen LogP contribution in [0.25, 0.3) is 6.08 Å². The molecule has 0 aliphatic heterocycles. The average molecular weight is 280 g/mol. The Labute approximate surface area is 118 Å². The zero-order valence-electron chi connectivity index (χ0n) is 11.6. The Morgan fingerprint density at radius 1 is 1.42 bits per heavy atom. The maximum absolute atomic E-state index is 10.4. The summed E-state index contributed by atoms with van der Waals surface area (Å²) in [4.78, 5) is 10.4. The molecule has 0 amide bonds. The van der Waals surface area contributed by atoms with Crippen molar-refractivity contribution in [1.29, 1.82) is 0 Å². The molecule has 19 heavy (non-hydrogen) atoms. The van der Waals surface area contributed by atoms with Gasteiger partial charge in [-0.05, 0) is 23.8 Å². The van der Waals surface area contributed by atoms with Crippen LogP contribution in [-0.2, 0) is 4.79 Å². The van der Waals surface area contributed by atoms with Gasteiger partial charge in [0.15, 0.2) is 0 Å². The van der Waals surface area contributed by atoms with Crippen LogP contribution in [0.1, 0.15) is 26.3 Å². The monoisotopic (exact) mass is 280 g/mol. The van der Waals surface area contributed by atoms with Gasteiger partial charge in [0.1, 0.15) is 5.75 Å². The molecule has 0 saturated heterocycles. The van der Waals surface area contributed by atoms with Crippen molar-refractivity contribution in [3.8, 4) is 5.75 Å². The maximum atomic E-state index is 10.4. The highest BCUT2D eigenvalue weighted by atomic mass is 32.2. The maximum Gasteiger partial charge on any atom is 0.328 e. The number of carbonyl (C=O) groups is 1. The lowest BCUT2D eigenvalue weighted by atomic mass is 10.2. The van der Waals surface area contributed by atoms with Crippen LogP contribution in [0.3, 0.4) is 0 Å². The number of rotatable bonds is 6.